The second-order valence-electron chi connectivity index (χ2n) is 5.99. The zero-order chi connectivity index (χ0) is 15.3. The van der Waals surface area contributed by atoms with Crippen LogP contribution in [0.1, 0.15) is 38.9 Å². The molecule has 21 heavy (non-hydrogen) atoms. The number of rotatable bonds is 8. The highest BCUT2D eigenvalue weighted by Gasteiger charge is 2.30. The van der Waals surface area contributed by atoms with Crippen molar-refractivity contribution in [3.63, 3.8) is 0 Å². The van der Waals surface area contributed by atoms with Crippen LogP contribution in [0.4, 0.5) is 0 Å². The molecule has 1 N–H and O–H groups in total. The van der Waals surface area contributed by atoms with E-state index in [-0.39, 0.29) is 0 Å². The fraction of sp³-hybridized carbons (Fsp3) is 0.800. The normalized spacial score (nSPS) is 22.5. The number of sulfone groups is 1. The summed E-state index contributed by atoms with van der Waals surface area (Å²) in [7, 11) is -2.79. The fourth-order valence-electron chi connectivity index (χ4n) is 3.09. The number of aryl methyl sites for hydroxylation is 1. The molecule has 0 amide bonds. The number of hydrogen-bond acceptors (Lipinski definition) is 4. The van der Waals surface area contributed by atoms with E-state index >= 15 is 0 Å². The van der Waals surface area contributed by atoms with Crippen molar-refractivity contribution in [2.24, 2.45) is 5.92 Å². The average molecular weight is 313 g/mol. The lowest BCUT2D eigenvalue weighted by Crippen LogP contribution is -2.35. The summed E-state index contributed by atoms with van der Waals surface area (Å²) in [6, 6.07) is 0.316. The largest absolute Gasteiger partial charge is 0.335 e. The predicted octanol–water partition coefficient (Wildman–Crippen LogP) is 1.64. The van der Waals surface area contributed by atoms with Gasteiger partial charge in [-0.05, 0) is 38.6 Å². The molecule has 6 heteroatoms. The molecule has 120 valence electrons. The van der Waals surface area contributed by atoms with Crippen LogP contribution in [0.15, 0.2) is 12.4 Å². The summed E-state index contributed by atoms with van der Waals surface area (Å²) < 4.78 is 25.4. The highest BCUT2D eigenvalue weighted by atomic mass is 32.2. The van der Waals surface area contributed by atoms with E-state index < -0.39 is 9.84 Å². The Morgan fingerprint density at radius 1 is 1.48 bits per heavy atom. The van der Waals surface area contributed by atoms with Crippen LogP contribution in [0.3, 0.4) is 0 Å². The molecule has 2 rings (SSSR count). The molecule has 1 fully saturated rings. The van der Waals surface area contributed by atoms with Gasteiger partial charge in [0, 0.05) is 31.4 Å². The van der Waals surface area contributed by atoms with Crippen molar-refractivity contribution in [1.29, 1.82) is 0 Å². The third kappa shape index (κ3) is 4.81. The second-order valence-corrected chi connectivity index (χ2v) is 8.22. The van der Waals surface area contributed by atoms with Crippen molar-refractivity contribution in [2.45, 2.75) is 52.1 Å². The number of nitrogens with one attached hydrogen (secondary N) is 1. The molecule has 2 heterocycles. The zero-order valence-electron chi connectivity index (χ0n) is 13.1. The van der Waals surface area contributed by atoms with E-state index in [0.29, 0.717) is 23.5 Å². The van der Waals surface area contributed by atoms with Gasteiger partial charge >= 0.3 is 0 Å². The maximum Gasteiger partial charge on any atom is 0.150 e. The Labute approximate surface area is 128 Å². The maximum absolute atomic E-state index is 11.6. The van der Waals surface area contributed by atoms with Crippen molar-refractivity contribution < 1.29 is 8.42 Å². The number of imidazole rings is 1. The van der Waals surface area contributed by atoms with Crippen LogP contribution in [0, 0.1) is 5.92 Å². The lowest BCUT2D eigenvalue weighted by molar-refractivity contribution is 0.394. The van der Waals surface area contributed by atoms with Gasteiger partial charge in [-0.15, -0.1) is 0 Å². The van der Waals surface area contributed by atoms with Crippen molar-refractivity contribution in [3.05, 3.63) is 18.2 Å². The highest BCUT2D eigenvalue weighted by Crippen LogP contribution is 2.24. The quantitative estimate of drug-likeness (QED) is 0.792. The van der Waals surface area contributed by atoms with Crippen LogP contribution in [0.2, 0.25) is 0 Å². The Hall–Kier alpha value is -0.880. The summed E-state index contributed by atoms with van der Waals surface area (Å²) in [5.41, 5.74) is 0. The summed E-state index contributed by atoms with van der Waals surface area (Å²) in [6.45, 7) is 6.16. The third-order valence-electron chi connectivity index (χ3n) is 4.20. The van der Waals surface area contributed by atoms with Gasteiger partial charge in [0.25, 0.3) is 0 Å². The molecule has 0 bridgehead atoms. The number of hydrogen-bond donors (Lipinski definition) is 1. The Morgan fingerprint density at radius 2 is 2.29 bits per heavy atom. The number of aromatic nitrogens is 2. The van der Waals surface area contributed by atoms with Gasteiger partial charge in [-0.25, -0.2) is 13.4 Å². The van der Waals surface area contributed by atoms with Gasteiger partial charge in [-0.2, -0.15) is 0 Å². The van der Waals surface area contributed by atoms with Crippen molar-refractivity contribution in [3.8, 4) is 0 Å². The van der Waals surface area contributed by atoms with Crippen molar-refractivity contribution in [1.82, 2.24) is 14.9 Å². The SMILES string of the molecule is CCCNC(Cc1nccn1CC)CC1CCS(=O)(=O)C1. The van der Waals surface area contributed by atoms with Crippen LogP contribution >= 0.6 is 0 Å². The summed E-state index contributed by atoms with van der Waals surface area (Å²) in [5.74, 6) is 2.11. The molecule has 5 nitrogen and oxygen atoms in total. The Balaban J connectivity index is 1.97. The second kappa shape index (κ2) is 7.40. The standard InChI is InChI=1S/C15H27N3O2S/c1-3-6-16-14(10-13-5-9-21(19,20)12-13)11-15-17-7-8-18(15)4-2/h7-8,13-14,16H,3-6,9-12H2,1-2H3. The predicted molar refractivity (Wildman–Crippen MR) is 85.1 cm³/mol. The minimum absolute atomic E-state index is 0.300. The highest BCUT2D eigenvalue weighted by molar-refractivity contribution is 7.91. The summed E-state index contributed by atoms with van der Waals surface area (Å²) in [5, 5.41) is 3.57. The van der Waals surface area contributed by atoms with Crippen LogP contribution in [0.5, 0.6) is 0 Å². The molecule has 0 saturated carbocycles. The first-order chi connectivity index (χ1) is 10.0. The van der Waals surface area contributed by atoms with E-state index in [9.17, 15) is 8.42 Å². The molecule has 1 aromatic rings. The molecule has 1 aliphatic rings. The smallest absolute Gasteiger partial charge is 0.150 e. The monoisotopic (exact) mass is 313 g/mol. The topological polar surface area (TPSA) is 64.0 Å². The average Bonchev–Trinajstić information content (AvgIpc) is 3.02. The van der Waals surface area contributed by atoms with Crippen LogP contribution in [-0.2, 0) is 22.8 Å². The van der Waals surface area contributed by atoms with Crippen molar-refractivity contribution >= 4 is 9.84 Å². The molecule has 0 radical (unpaired) electrons. The lowest BCUT2D eigenvalue weighted by Gasteiger charge is -2.21. The van der Waals surface area contributed by atoms with E-state index in [1.807, 2.05) is 12.4 Å². The molecule has 0 aromatic carbocycles. The first kappa shape index (κ1) is 16.5. The van der Waals surface area contributed by atoms with E-state index in [2.05, 4.69) is 28.7 Å². The molecular formula is C15H27N3O2S. The van der Waals surface area contributed by atoms with Crippen LogP contribution in [-0.4, -0.2) is 42.1 Å². The van der Waals surface area contributed by atoms with E-state index in [4.69, 9.17) is 0 Å². The zero-order valence-corrected chi connectivity index (χ0v) is 13.9. The Morgan fingerprint density at radius 3 is 2.90 bits per heavy atom. The molecule has 0 aliphatic carbocycles. The van der Waals surface area contributed by atoms with E-state index in [1.165, 1.54) is 0 Å². The minimum Gasteiger partial charge on any atom is -0.335 e. The first-order valence-electron chi connectivity index (χ1n) is 7.98. The van der Waals surface area contributed by atoms with E-state index in [0.717, 1.165) is 44.6 Å². The summed E-state index contributed by atoms with van der Waals surface area (Å²) >= 11 is 0. The molecular weight excluding hydrogens is 286 g/mol. The molecule has 2 unspecified atom stereocenters. The minimum atomic E-state index is -2.79. The Kier molecular flexibility index (Phi) is 5.81. The third-order valence-corrected chi connectivity index (χ3v) is 6.04. The fourth-order valence-corrected chi connectivity index (χ4v) is 4.97. The lowest BCUT2D eigenvalue weighted by atomic mass is 9.97. The maximum atomic E-state index is 11.6. The van der Waals surface area contributed by atoms with Gasteiger partial charge in [0.15, 0.2) is 9.84 Å². The van der Waals surface area contributed by atoms with Gasteiger partial charge in [-0.3, -0.25) is 0 Å². The van der Waals surface area contributed by atoms with Gasteiger partial charge in [0.2, 0.25) is 0 Å². The summed E-state index contributed by atoms with van der Waals surface area (Å²) in [6.07, 6.45) is 7.55. The van der Waals surface area contributed by atoms with E-state index in [1.54, 1.807) is 0 Å². The van der Waals surface area contributed by atoms with Gasteiger partial charge in [0.1, 0.15) is 5.82 Å². The first-order valence-corrected chi connectivity index (χ1v) is 9.80. The van der Waals surface area contributed by atoms with Crippen LogP contribution in [0.25, 0.3) is 0 Å². The van der Waals surface area contributed by atoms with Gasteiger partial charge < -0.3 is 9.88 Å². The van der Waals surface area contributed by atoms with Gasteiger partial charge in [0.05, 0.1) is 11.5 Å². The van der Waals surface area contributed by atoms with Gasteiger partial charge in [-0.1, -0.05) is 6.92 Å². The molecule has 1 saturated heterocycles. The molecule has 2 atom stereocenters. The molecule has 0 spiro atoms. The Bertz CT molecular complexity index is 539. The van der Waals surface area contributed by atoms with Crippen LogP contribution < -0.4 is 5.32 Å². The molecule has 1 aromatic heterocycles. The number of nitrogens with zero attached hydrogens (tertiary/aromatic N) is 2. The molecule has 1 aliphatic heterocycles. The van der Waals surface area contributed by atoms with Crippen molar-refractivity contribution in [2.75, 3.05) is 18.1 Å². The summed E-state index contributed by atoms with van der Waals surface area (Å²) in [4.78, 5) is 4.44.